The highest BCUT2D eigenvalue weighted by molar-refractivity contribution is 5.94. The minimum absolute atomic E-state index is 0.103. The van der Waals surface area contributed by atoms with E-state index in [1.807, 2.05) is 48.5 Å². The number of carbonyl (C=O) groups excluding carboxylic acids is 3. The molecule has 2 aromatic carbocycles. The Hall–Kier alpha value is -4.64. The normalized spacial score (nSPS) is 12.7. The third-order valence-corrected chi connectivity index (χ3v) is 6.08. The Labute approximate surface area is 211 Å². The van der Waals surface area contributed by atoms with E-state index in [1.165, 1.54) is 0 Å². The maximum Gasteiger partial charge on any atom is 0.322 e. The molecule has 0 unspecified atom stereocenters. The predicted molar refractivity (Wildman–Crippen MR) is 138 cm³/mol. The number of hydrogen-bond acceptors (Lipinski definition) is 5. The Bertz CT molecular complexity index is 1440. The molecule has 0 spiro atoms. The number of hydrogen-bond donors (Lipinski definition) is 7. The molecule has 0 saturated heterocycles. The monoisotopic (exact) mass is 504 g/mol. The number of para-hydroxylation sites is 2. The van der Waals surface area contributed by atoms with Crippen molar-refractivity contribution in [1.82, 2.24) is 25.9 Å². The topological polar surface area (TPSA) is 182 Å². The van der Waals surface area contributed by atoms with Gasteiger partial charge in [-0.05, 0) is 23.3 Å². The SMILES string of the molecule is NCC(=O)N[C@@H](Cc1c[nH]c2ccccc12)C(=O)N[C@@H](Cc1c[nH]c2ccccc12)C(=O)NCC(=O)O. The highest BCUT2D eigenvalue weighted by Crippen LogP contribution is 2.21. The lowest BCUT2D eigenvalue weighted by Crippen LogP contribution is -2.56. The Kier molecular flexibility index (Phi) is 7.84. The van der Waals surface area contributed by atoms with Crippen molar-refractivity contribution in [3.8, 4) is 0 Å². The maximum absolute atomic E-state index is 13.4. The quantitative estimate of drug-likeness (QED) is 0.157. The van der Waals surface area contributed by atoms with Crippen molar-refractivity contribution in [2.75, 3.05) is 13.1 Å². The van der Waals surface area contributed by atoms with E-state index >= 15 is 0 Å². The van der Waals surface area contributed by atoms with Crippen LogP contribution in [0, 0.1) is 0 Å². The zero-order valence-electron chi connectivity index (χ0n) is 19.9. The molecule has 2 atom stereocenters. The van der Waals surface area contributed by atoms with E-state index in [4.69, 9.17) is 10.8 Å². The smallest absolute Gasteiger partial charge is 0.322 e. The van der Waals surface area contributed by atoms with Gasteiger partial charge >= 0.3 is 5.97 Å². The lowest BCUT2D eigenvalue weighted by molar-refractivity contribution is -0.138. The summed E-state index contributed by atoms with van der Waals surface area (Å²) >= 11 is 0. The van der Waals surface area contributed by atoms with Crippen LogP contribution in [-0.4, -0.2) is 63.9 Å². The fourth-order valence-corrected chi connectivity index (χ4v) is 4.27. The number of nitrogens with one attached hydrogen (secondary N) is 5. The van der Waals surface area contributed by atoms with Gasteiger partial charge in [-0.1, -0.05) is 36.4 Å². The number of carbonyl (C=O) groups is 4. The lowest BCUT2D eigenvalue weighted by atomic mass is 10.0. The second-order valence-corrected chi connectivity index (χ2v) is 8.62. The maximum atomic E-state index is 13.4. The molecule has 0 aliphatic rings. The van der Waals surface area contributed by atoms with Crippen molar-refractivity contribution in [2.24, 2.45) is 5.73 Å². The molecule has 192 valence electrons. The first-order chi connectivity index (χ1) is 17.9. The van der Waals surface area contributed by atoms with Gasteiger partial charge in [-0.2, -0.15) is 0 Å². The van der Waals surface area contributed by atoms with Crippen LogP contribution in [0.3, 0.4) is 0 Å². The summed E-state index contributed by atoms with van der Waals surface area (Å²) in [6.07, 6.45) is 3.76. The number of fused-ring (bicyclic) bond motifs is 2. The Morgan fingerprint density at radius 2 is 1.30 bits per heavy atom. The fourth-order valence-electron chi connectivity index (χ4n) is 4.27. The number of carboxylic acid groups (broad SMARTS) is 1. The summed E-state index contributed by atoms with van der Waals surface area (Å²) in [5.41, 5.74) is 8.79. The zero-order valence-corrected chi connectivity index (χ0v) is 19.9. The Morgan fingerprint density at radius 3 is 1.81 bits per heavy atom. The molecule has 0 saturated carbocycles. The van der Waals surface area contributed by atoms with Crippen molar-refractivity contribution in [3.05, 3.63) is 72.1 Å². The van der Waals surface area contributed by atoms with Gasteiger partial charge in [0, 0.05) is 47.0 Å². The number of aromatic amines is 2. The van der Waals surface area contributed by atoms with E-state index in [-0.39, 0.29) is 19.4 Å². The average molecular weight is 505 g/mol. The van der Waals surface area contributed by atoms with Crippen LogP contribution in [-0.2, 0) is 32.0 Å². The molecule has 11 heteroatoms. The zero-order chi connectivity index (χ0) is 26.4. The second kappa shape index (κ2) is 11.4. The van der Waals surface area contributed by atoms with Crippen molar-refractivity contribution < 1.29 is 24.3 Å². The minimum Gasteiger partial charge on any atom is -0.480 e. The first-order valence-electron chi connectivity index (χ1n) is 11.7. The van der Waals surface area contributed by atoms with E-state index in [0.717, 1.165) is 32.9 Å². The molecule has 0 aliphatic carbocycles. The molecular weight excluding hydrogens is 476 g/mol. The molecule has 2 aromatic heterocycles. The molecule has 37 heavy (non-hydrogen) atoms. The van der Waals surface area contributed by atoms with Gasteiger partial charge in [0.05, 0.1) is 6.54 Å². The predicted octanol–water partition coefficient (Wildman–Crippen LogP) is 0.564. The number of aliphatic carboxylic acids is 1. The Balaban J connectivity index is 1.58. The summed E-state index contributed by atoms with van der Waals surface area (Å²) in [4.78, 5) is 55.8. The van der Waals surface area contributed by atoms with Crippen LogP contribution >= 0.6 is 0 Å². The number of H-pyrrole nitrogens is 2. The molecule has 8 N–H and O–H groups in total. The van der Waals surface area contributed by atoms with Crippen LogP contribution in [0.2, 0.25) is 0 Å². The van der Waals surface area contributed by atoms with Gasteiger partial charge in [-0.25, -0.2) is 0 Å². The minimum atomic E-state index is -1.21. The molecular formula is C26H28N6O5. The van der Waals surface area contributed by atoms with Crippen molar-refractivity contribution in [3.63, 3.8) is 0 Å². The highest BCUT2D eigenvalue weighted by atomic mass is 16.4. The van der Waals surface area contributed by atoms with E-state index in [1.54, 1.807) is 12.4 Å². The van der Waals surface area contributed by atoms with Gasteiger partial charge in [-0.3, -0.25) is 19.2 Å². The van der Waals surface area contributed by atoms with E-state index in [0.29, 0.717) is 0 Å². The number of aromatic nitrogens is 2. The largest absolute Gasteiger partial charge is 0.480 e. The first kappa shape index (κ1) is 25.5. The van der Waals surface area contributed by atoms with Gasteiger partial charge in [0.25, 0.3) is 0 Å². The molecule has 3 amide bonds. The average Bonchev–Trinajstić information content (AvgIpc) is 3.50. The van der Waals surface area contributed by atoms with Crippen LogP contribution in [0.4, 0.5) is 0 Å². The fraction of sp³-hybridized carbons (Fsp3) is 0.231. The third-order valence-electron chi connectivity index (χ3n) is 6.08. The van der Waals surface area contributed by atoms with Crippen LogP contribution in [0.1, 0.15) is 11.1 Å². The number of nitrogens with two attached hydrogens (primary N) is 1. The van der Waals surface area contributed by atoms with Crippen molar-refractivity contribution >= 4 is 45.5 Å². The summed E-state index contributed by atoms with van der Waals surface area (Å²) in [6, 6.07) is 12.9. The van der Waals surface area contributed by atoms with Gasteiger partial charge < -0.3 is 36.8 Å². The van der Waals surface area contributed by atoms with Crippen LogP contribution in [0.25, 0.3) is 21.8 Å². The first-order valence-corrected chi connectivity index (χ1v) is 11.7. The molecule has 4 rings (SSSR count). The number of rotatable bonds is 11. The summed E-state index contributed by atoms with van der Waals surface area (Å²) < 4.78 is 0. The van der Waals surface area contributed by atoms with Crippen LogP contribution in [0.5, 0.6) is 0 Å². The molecule has 0 fully saturated rings. The van der Waals surface area contributed by atoms with Crippen molar-refractivity contribution in [1.29, 1.82) is 0 Å². The van der Waals surface area contributed by atoms with E-state index in [2.05, 4.69) is 25.9 Å². The van der Waals surface area contributed by atoms with Gasteiger partial charge in [0.15, 0.2) is 0 Å². The van der Waals surface area contributed by atoms with Crippen LogP contribution < -0.4 is 21.7 Å². The lowest BCUT2D eigenvalue weighted by Gasteiger charge is -2.23. The van der Waals surface area contributed by atoms with Crippen LogP contribution in [0.15, 0.2) is 60.9 Å². The Morgan fingerprint density at radius 1 is 0.784 bits per heavy atom. The molecule has 2 heterocycles. The summed E-state index contributed by atoms with van der Waals surface area (Å²) in [7, 11) is 0. The number of amides is 3. The summed E-state index contributed by atoms with van der Waals surface area (Å²) in [5, 5.41) is 18.4. The van der Waals surface area contributed by atoms with Gasteiger partial charge in [0.1, 0.15) is 18.6 Å². The standard InChI is InChI=1S/C26H28N6O5/c27-11-23(33)31-22(10-16-13-29-20-8-4-2-6-18(16)20)26(37)32-21(25(36)30-14-24(34)35)9-15-12-28-19-7-3-1-5-17(15)19/h1-8,12-13,21-22,28-29H,9-11,14,27H2,(H,30,36)(H,31,33)(H,32,37)(H,34,35)/t21-,22-/m0/s1. The molecule has 0 bridgehead atoms. The molecule has 11 nitrogen and oxygen atoms in total. The number of benzene rings is 2. The second-order valence-electron chi connectivity index (χ2n) is 8.62. The van der Waals surface area contributed by atoms with E-state index in [9.17, 15) is 19.2 Å². The third kappa shape index (κ3) is 6.14. The summed E-state index contributed by atoms with van der Waals surface area (Å²) in [5.74, 6) is -2.99. The highest BCUT2D eigenvalue weighted by Gasteiger charge is 2.28. The van der Waals surface area contributed by atoms with E-state index < -0.39 is 42.3 Å². The van der Waals surface area contributed by atoms with Gasteiger partial charge in [0.2, 0.25) is 17.7 Å². The number of carboxylic acids is 1. The molecule has 0 radical (unpaired) electrons. The molecule has 4 aromatic rings. The molecule has 0 aliphatic heterocycles. The van der Waals surface area contributed by atoms with Crippen molar-refractivity contribution in [2.45, 2.75) is 24.9 Å². The summed E-state index contributed by atoms with van der Waals surface area (Å²) in [6.45, 7) is -0.905. The van der Waals surface area contributed by atoms with Gasteiger partial charge in [-0.15, -0.1) is 0 Å².